The Bertz CT molecular complexity index is 1290. The molecule has 2 aliphatic heterocycles. The molecular weight excluding hydrogens is 460 g/mol. The van der Waals surface area contributed by atoms with E-state index in [1.165, 1.54) is 22.7 Å². The summed E-state index contributed by atoms with van der Waals surface area (Å²) in [6.45, 7) is 0.431. The number of halogens is 2. The molecular formula is C25H21F2N3O3S. The van der Waals surface area contributed by atoms with Crippen molar-refractivity contribution in [2.24, 2.45) is 0 Å². The van der Waals surface area contributed by atoms with Gasteiger partial charge >= 0.3 is 6.03 Å². The first-order chi connectivity index (χ1) is 16.4. The number of methoxy groups -OCH3 is 1. The summed E-state index contributed by atoms with van der Waals surface area (Å²) in [6.07, 6.45) is 0. The summed E-state index contributed by atoms with van der Waals surface area (Å²) in [5, 5.41) is 2.87. The minimum Gasteiger partial charge on any atom is -0.497 e. The number of ether oxygens (including phenoxy) is 1. The van der Waals surface area contributed by atoms with Gasteiger partial charge in [-0.15, -0.1) is 11.8 Å². The van der Waals surface area contributed by atoms with E-state index in [2.05, 4.69) is 5.32 Å². The van der Waals surface area contributed by atoms with Crippen LogP contribution in [0.5, 0.6) is 5.75 Å². The van der Waals surface area contributed by atoms with Crippen LogP contribution in [0.2, 0.25) is 0 Å². The number of benzene rings is 3. The maximum atomic E-state index is 13.9. The molecule has 3 aromatic rings. The normalized spacial score (nSPS) is 19.0. The van der Waals surface area contributed by atoms with Crippen molar-refractivity contribution in [3.05, 3.63) is 89.5 Å². The highest BCUT2D eigenvalue weighted by Gasteiger charge is 2.59. The van der Waals surface area contributed by atoms with Gasteiger partial charge in [-0.1, -0.05) is 30.3 Å². The van der Waals surface area contributed by atoms with Crippen molar-refractivity contribution in [3.63, 3.8) is 0 Å². The number of para-hydroxylation sites is 1. The Kier molecular flexibility index (Phi) is 5.65. The molecule has 34 heavy (non-hydrogen) atoms. The molecule has 3 aromatic carbocycles. The van der Waals surface area contributed by atoms with Gasteiger partial charge in [-0.3, -0.25) is 9.69 Å². The van der Waals surface area contributed by atoms with Crippen LogP contribution in [-0.4, -0.2) is 36.2 Å². The molecule has 0 aromatic heterocycles. The molecule has 1 saturated heterocycles. The molecule has 1 fully saturated rings. The van der Waals surface area contributed by atoms with Crippen molar-refractivity contribution >= 4 is 35.1 Å². The number of carbonyl (C=O) groups excluding carboxylic acids is 2. The van der Waals surface area contributed by atoms with Crippen LogP contribution >= 0.6 is 11.8 Å². The van der Waals surface area contributed by atoms with Gasteiger partial charge in [0.15, 0.2) is 16.5 Å². The number of carbonyl (C=O) groups is 2. The number of amides is 3. The van der Waals surface area contributed by atoms with E-state index >= 15 is 0 Å². The molecule has 0 aliphatic carbocycles. The Labute approximate surface area is 199 Å². The van der Waals surface area contributed by atoms with E-state index in [1.54, 1.807) is 42.3 Å². The number of nitrogens with zero attached hydrogens (tertiary/aromatic N) is 2. The molecule has 0 radical (unpaired) electrons. The van der Waals surface area contributed by atoms with Crippen LogP contribution < -0.4 is 15.0 Å². The number of thioether (sulfide) groups is 1. The number of nitrogens with one attached hydrogen (secondary N) is 1. The molecule has 174 valence electrons. The third-order valence-electron chi connectivity index (χ3n) is 5.99. The molecule has 2 heterocycles. The first-order valence-electron chi connectivity index (χ1n) is 10.7. The number of hydrogen-bond donors (Lipinski definition) is 1. The maximum Gasteiger partial charge on any atom is 0.323 e. The molecule has 5 rings (SSSR count). The van der Waals surface area contributed by atoms with Gasteiger partial charge in [0.25, 0.3) is 5.91 Å². The SMILES string of the molecule is COc1cccc(NC(=O)N2CCSC23C(=O)N(Cc2ccc(F)c(F)c2)c2ccccc23)c1. The van der Waals surface area contributed by atoms with Crippen LogP contribution in [0.3, 0.4) is 0 Å². The number of hydrogen-bond acceptors (Lipinski definition) is 4. The van der Waals surface area contributed by atoms with E-state index < -0.39 is 22.5 Å². The lowest BCUT2D eigenvalue weighted by molar-refractivity contribution is -0.123. The molecule has 0 bridgehead atoms. The van der Waals surface area contributed by atoms with Crippen molar-refractivity contribution in [3.8, 4) is 5.75 Å². The second-order valence-corrected chi connectivity index (χ2v) is 9.25. The fraction of sp³-hybridized carbons (Fsp3) is 0.200. The Morgan fingerprint density at radius 2 is 1.91 bits per heavy atom. The molecule has 6 nitrogen and oxygen atoms in total. The molecule has 2 aliphatic rings. The van der Waals surface area contributed by atoms with Crippen LogP contribution in [-0.2, 0) is 16.2 Å². The number of anilines is 2. The molecule has 0 saturated carbocycles. The average Bonchev–Trinajstić information content (AvgIpc) is 3.39. The van der Waals surface area contributed by atoms with Gasteiger partial charge in [0.05, 0.1) is 19.3 Å². The molecule has 1 spiro atoms. The van der Waals surface area contributed by atoms with Gasteiger partial charge in [0, 0.05) is 29.6 Å². The highest BCUT2D eigenvalue weighted by Crippen LogP contribution is 2.54. The Hall–Kier alpha value is -3.59. The zero-order valence-corrected chi connectivity index (χ0v) is 19.1. The summed E-state index contributed by atoms with van der Waals surface area (Å²) in [4.78, 5) is 29.1. The van der Waals surface area contributed by atoms with E-state index in [1.807, 2.05) is 18.2 Å². The zero-order valence-electron chi connectivity index (χ0n) is 18.3. The summed E-state index contributed by atoms with van der Waals surface area (Å²) in [6, 6.07) is 17.4. The predicted molar refractivity (Wildman–Crippen MR) is 127 cm³/mol. The van der Waals surface area contributed by atoms with Gasteiger partial charge in [-0.25, -0.2) is 13.6 Å². The van der Waals surface area contributed by atoms with E-state index in [9.17, 15) is 18.4 Å². The quantitative estimate of drug-likeness (QED) is 0.573. The standard InChI is InChI=1S/C25H21F2N3O3S/c1-33-18-6-4-5-17(14-18)28-24(32)30-11-12-34-25(30)19-7-2-3-8-22(19)29(23(25)31)15-16-9-10-20(26)21(27)13-16/h2-10,13-14H,11-12,15H2,1H3,(H,28,32). The Balaban J connectivity index is 1.49. The topological polar surface area (TPSA) is 61.9 Å². The molecule has 1 N–H and O–H groups in total. The van der Waals surface area contributed by atoms with E-state index in [4.69, 9.17) is 4.74 Å². The number of urea groups is 1. The van der Waals surface area contributed by atoms with E-state index in [-0.39, 0.29) is 12.5 Å². The maximum absolute atomic E-state index is 13.9. The van der Waals surface area contributed by atoms with Crippen LogP contribution in [0, 0.1) is 11.6 Å². The van der Waals surface area contributed by atoms with Crippen LogP contribution in [0.1, 0.15) is 11.1 Å². The number of rotatable bonds is 4. The van der Waals surface area contributed by atoms with Gasteiger partial charge in [-0.2, -0.15) is 0 Å². The summed E-state index contributed by atoms with van der Waals surface area (Å²) >= 11 is 1.39. The van der Waals surface area contributed by atoms with Crippen LogP contribution in [0.25, 0.3) is 0 Å². The Morgan fingerprint density at radius 1 is 1.09 bits per heavy atom. The van der Waals surface area contributed by atoms with Crippen molar-refractivity contribution in [2.75, 3.05) is 29.6 Å². The lowest BCUT2D eigenvalue weighted by Crippen LogP contribution is -2.51. The first kappa shape index (κ1) is 22.2. The van der Waals surface area contributed by atoms with Crippen LogP contribution in [0.4, 0.5) is 25.0 Å². The number of fused-ring (bicyclic) bond motifs is 2. The lowest BCUT2D eigenvalue weighted by atomic mass is 10.1. The second-order valence-electron chi connectivity index (χ2n) is 7.96. The van der Waals surface area contributed by atoms with Gasteiger partial charge in [0.1, 0.15) is 5.75 Å². The van der Waals surface area contributed by atoms with E-state index in [0.29, 0.717) is 40.5 Å². The summed E-state index contributed by atoms with van der Waals surface area (Å²) in [5.41, 5.74) is 2.35. The van der Waals surface area contributed by atoms with Gasteiger partial charge in [0.2, 0.25) is 0 Å². The fourth-order valence-corrected chi connectivity index (χ4v) is 5.90. The monoisotopic (exact) mass is 481 g/mol. The van der Waals surface area contributed by atoms with Crippen molar-refractivity contribution in [1.82, 2.24) is 4.90 Å². The zero-order chi connectivity index (χ0) is 23.9. The largest absolute Gasteiger partial charge is 0.497 e. The van der Waals surface area contributed by atoms with Gasteiger partial charge < -0.3 is 15.0 Å². The Morgan fingerprint density at radius 3 is 2.71 bits per heavy atom. The van der Waals surface area contributed by atoms with E-state index in [0.717, 1.165) is 12.1 Å². The second kappa shape index (κ2) is 8.64. The lowest BCUT2D eigenvalue weighted by Gasteiger charge is -2.33. The van der Waals surface area contributed by atoms with Crippen LogP contribution in [0.15, 0.2) is 66.7 Å². The highest BCUT2D eigenvalue weighted by molar-refractivity contribution is 8.01. The first-order valence-corrected chi connectivity index (χ1v) is 11.6. The minimum atomic E-state index is -1.24. The fourth-order valence-electron chi connectivity index (χ4n) is 4.44. The summed E-state index contributed by atoms with van der Waals surface area (Å²) in [5.74, 6) is -1.03. The molecule has 9 heteroatoms. The van der Waals surface area contributed by atoms with Crippen molar-refractivity contribution in [1.29, 1.82) is 0 Å². The van der Waals surface area contributed by atoms with Gasteiger partial charge in [-0.05, 0) is 35.9 Å². The molecule has 3 amide bonds. The molecule has 1 atom stereocenters. The van der Waals surface area contributed by atoms with Crippen molar-refractivity contribution < 1.29 is 23.1 Å². The summed E-state index contributed by atoms with van der Waals surface area (Å²) < 4.78 is 32.5. The predicted octanol–water partition coefficient (Wildman–Crippen LogP) is 4.95. The average molecular weight is 482 g/mol. The smallest absolute Gasteiger partial charge is 0.323 e. The third kappa shape index (κ3) is 3.56. The third-order valence-corrected chi connectivity index (χ3v) is 7.41. The van der Waals surface area contributed by atoms with Crippen molar-refractivity contribution in [2.45, 2.75) is 11.4 Å². The molecule has 1 unspecified atom stereocenters. The summed E-state index contributed by atoms with van der Waals surface area (Å²) in [7, 11) is 1.54. The minimum absolute atomic E-state index is 0.0562. The highest BCUT2D eigenvalue weighted by atomic mass is 32.2.